The molecule has 0 bridgehead atoms. The molecule has 0 fully saturated rings. The molecule has 1 aromatic rings. The molecule has 0 aliphatic rings. The summed E-state index contributed by atoms with van der Waals surface area (Å²) in [7, 11) is 1.31. The number of halogens is 3. The number of methoxy groups -OCH3 is 1. The Kier molecular flexibility index (Phi) is 4.87. The van der Waals surface area contributed by atoms with Gasteiger partial charge in [-0.25, -0.2) is 0 Å². The van der Waals surface area contributed by atoms with Gasteiger partial charge < -0.3 is 17.0 Å². The molecule has 0 atom stereocenters. The number of ether oxygens (including phenoxy) is 1. The zero-order valence-corrected chi connectivity index (χ0v) is 11.0. The Bertz CT molecular complexity index is 280. The van der Waals surface area contributed by atoms with Gasteiger partial charge in [0, 0.05) is 0 Å². The van der Waals surface area contributed by atoms with Crippen molar-refractivity contribution in [3.63, 3.8) is 0 Å². The molecule has 1 rings (SSSR count). The Balaban J connectivity index is 0.00000121. The van der Waals surface area contributed by atoms with E-state index in [1.807, 2.05) is 0 Å². The fourth-order valence-electron chi connectivity index (χ4n) is 0.726. The SMILES string of the molecule is COc1cc(F)[c]([Zn+])cc1F.[Br-]. The largest absolute Gasteiger partial charge is 1.00 e. The molecule has 0 spiro atoms. The summed E-state index contributed by atoms with van der Waals surface area (Å²) in [6.07, 6.45) is 0. The van der Waals surface area contributed by atoms with Crippen molar-refractivity contribution in [2.45, 2.75) is 0 Å². The molecule has 0 aliphatic heterocycles. The molecule has 0 saturated heterocycles. The predicted octanol–water partition coefficient (Wildman–Crippen LogP) is -1.85. The topological polar surface area (TPSA) is 9.23 Å². The van der Waals surface area contributed by atoms with E-state index >= 15 is 0 Å². The molecule has 12 heavy (non-hydrogen) atoms. The summed E-state index contributed by atoms with van der Waals surface area (Å²) in [5, 5.41) is 0. The van der Waals surface area contributed by atoms with Gasteiger partial charge in [0.25, 0.3) is 0 Å². The maximum absolute atomic E-state index is 12.8. The third-order valence-electron chi connectivity index (χ3n) is 1.32. The van der Waals surface area contributed by atoms with Gasteiger partial charge in [-0.2, -0.15) is 0 Å². The fourth-order valence-corrected chi connectivity index (χ4v) is 1.32. The van der Waals surface area contributed by atoms with Gasteiger partial charge in [-0.1, -0.05) is 0 Å². The minimum atomic E-state index is -0.504. The first kappa shape index (κ1) is 12.0. The van der Waals surface area contributed by atoms with E-state index in [-0.39, 0.29) is 22.7 Å². The van der Waals surface area contributed by atoms with Crippen LogP contribution in [-0.4, -0.2) is 7.11 Å². The molecular weight excluding hydrogens is 283 g/mol. The van der Waals surface area contributed by atoms with Crippen LogP contribution in [0.5, 0.6) is 5.75 Å². The molecule has 0 amide bonds. The molecule has 62 valence electrons. The van der Waals surface area contributed by atoms with Crippen LogP contribution in [0.3, 0.4) is 0 Å². The van der Waals surface area contributed by atoms with Gasteiger partial charge in [0.1, 0.15) is 0 Å². The second-order valence-corrected chi connectivity index (χ2v) is 3.68. The van der Waals surface area contributed by atoms with Gasteiger partial charge in [0.15, 0.2) is 0 Å². The van der Waals surface area contributed by atoms with Crippen molar-refractivity contribution < 1.29 is 48.8 Å². The molecule has 5 heteroatoms. The first-order chi connectivity index (χ1) is 5.15. The van der Waals surface area contributed by atoms with Gasteiger partial charge in [-0.3, -0.25) is 0 Å². The maximum Gasteiger partial charge on any atom is -1.00 e. The van der Waals surface area contributed by atoms with E-state index in [1.54, 1.807) is 0 Å². The second kappa shape index (κ2) is 4.88. The summed E-state index contributed by atoms with van der Waals surface area (Å²) in [6.45, 7) is 0. The Morgan fingerprint density at radius 2 is 1.83 bits per heavy atom. The molecule has 1 nitrogen and oxygen atoms in total. The fraction of sp³-hybridized carbons (Fsp3) is 0.143. The monoisotopic (exact) mass is 286 g/mol. The maximum atomic E-state index is 12.8. The minimum Gasteiger partial charge on any atom is -1.00 e. The van der Waals surface area contributed by atoms with E-state index < -0.39 is 11.6 Å². The summed E-state index contributed by atoms with van der Waals surface area (Å²) < 4.78 is 30.5. The van der Waals surface area contributed by atoms with Crippen molar-refractivity contribution in [2.75, 3.05) is 7.11 Å². The van der Waals surface area contributed by atoms with Crippen LogP contribution >= 0.6 is 0 Å². The first-order valence-electron chi connectivity index (χ1n) is 3.00. The Morgan fingerprint density at radius 3 is 2.33 bits per heavy atom. The Labute approximate surface area is 89.6 Å². The summed E-state index contributed by atoms with van der Waals surface area (Å²) in [6, 6.07) is 2.22. The molecule has 0 aromatic heterocycles. The average molecular weight is 288 g/mol. The number of hydrogen-bond donors (Lipinski definition) is 0. The molecular formula is C7H5BrF2OZn. The zero-order valence-electron chi connectivity index (χ0n) is 6.40. The van der Waals surface area contributed by atoms with Crippen LogP contribution in [-0.2, 0) is 18.3 Å². The van der Waals surface area contributed by atoms with Crippen molar-refractivity contribution in [1.82, 2.24) is 0 Å². The third-order valence-corrected chi connectivity index (χ3v) is 2.46. The van der Waals surface area contributed by atoms with Crippen LogP contribution in [0.15, 0.2) is 12.1 Å². The normalized spacial score (nSPS) is 9.08. The van der Waals surface area contributed by atoms with Crippen molar-refractivity contribution >= 4 is 4.16 Å². The standard InChI is InChI=1S/C7H5F2O.BrH.Zn/c1-10-7-4-5(8)2-3-6(7)9;;/h3-4H,1H3;1H;/q;;+1/p-1. The van der Waals surface area contributed by atoms with E-state index in [1.165, 1.54) is 7.11 Å². The molecule has 0 aliphatic carbocycles. The second-order valence-electron chi connectivity index (χ2n) is 2.08. The van der Waals surface area contributed by atoms with E-state index in [4.69, 9.17) is 0 Å². The number of rotatable bonds is 1. The molecule has 0 saturated carbocycles. The molecule has 0 unspecified atom stereocenters. The summed E-state index contributed by atoms with van der Waals surface area (Å²) >= 11 is 0.604. The molecule has 0 N–H and O–H groups in total. The van der Waals surface area contributed by atoms with Gasteiger partial charge in [-0.05, 0) is 0 Å². The van der Waals surface area contributed by atoms with Crippen LogP contribution < -0.4 is 25.9 Å². The van der Waals surface area contributed by atoms with Crippen molar-refractivity contribution in [2.24, 2.45) is 0 Å². The summed E-state index contributed by atoms with van der Waals surface area (Å²) in [5.41, 5.74) is 0. The summed E-state index contributed by atoms with van der Waals surface area (Å²) in [4.78, 5) is 0. The quantitative estimate of drug-likeness (QED) is 0.551. The smallest absolute Gasteiger partial charge is 1.00 e. The molecule has 0 heterocycles. The van der Waals surface area contributed by atoms with Gasteiger partial charge >= 0.3 is 72.6 Å². The van der Waals surface area contributed by atoms with E-state index in [0.29, 0.717) is 22.5 Å². The van der Waals surface area contributed by atoms with E-state index in [0.717, 1.165) is 12.1 Å². The van der Waals surface area contributed by atoms with Crippen LogP contribution in [0.4, 0.5) is 8.78 Å². The van der Waals surface area contributed by atoms with Crippen molar-refractivity contribution in [1.29, 1.82) is 0 Å². The third kappa shape index (κ3) is 2.49. The van der Waals surface area contributed by atoms with Crippen molar-refractivity contribution in [3.05, 3.63) is 23.8 Å². The first-order valence-corrected chi connectivity index (χ1v) is 4.48. The zero-order chi connectivity index (χ0) is 8.43. The van der Waals surface area contributed by atoms with Crippen LogP contribution in [0, 0.1) is 11.6 Å². The van der Waals surface area contributed by atoms with Crippen LogP contribution in [0.2, 0.25) is 0 Å². The van der Waals surface area contributed by atoms with E-state index in [2.05, 4.69) is 4.74 Å². The van der Waals surface area contributed by atoms with E-state index in [9.17, 15) is 8.78 Å². The van der Waals surface area contributed by atoms with Crippen molar-refractivity contribution in [3.8, 4) is 5.75 Å². The minimum absolute atomic E-state index is 0. The number of benzene rings is 1. The van der Waals surface area contributed by atoms with Gasteiger partial charge in [0.2, 0.25) is 0 Å². The van der Waals surface area contributed by atoms with Gasteiger partial charge in [0.05, 0.1) is 0 Å². The van der Waals surface area contributed by atoms with Gasteiger partial charge in [-0.15, -0.1) is 0 Å². The Hall–Kier alpha value is -0.0166. The Morgan fingerprint density at radius 1 is 1.25 bits per heavy atom. The average Bonchev–Trinajstić information content (AvgIpc) is 1.97. The molecule has 1 aromatic carbocycles. The predicted molar refractivity (Wildman–Crippen MR) is 32.5 cm³/mol. The number of hydrogen-bond acceptors (Lipinski definition) is 1. The van der Waals surface area contributed by atoms with Crippen LogP contribution in [0.1, 0.15) is 0 Å². The summed E-state index contributed by atoms with van der Waals surface area (Å²) in [5.74, 6) is -0.946. The van der Waals surface area contributed by atoms with Crippen LogP contribution in [0.25, 0.3) is 0 Å². The molecule has 0 radical (unpaired) electrons.